The van der Waals surface area contributed by atoms with Crippen molar-refractivity contribution >= 4 is 40.7 Å². The van der Waals surface area contributed by atoms with Crippen molar-refractivity contribution in [2.75, 3.05) is 5.75 Å². The normalized spacial score (nSPS) is 10.9. The summed E-state index contributed by atoms with van der Waals surface area (Å²) >= 11 is 13.3. The van der Waals surface area contributed by atoms with E-state index < -0.39 is 0 Å². The molecule has 0 amide bonds. The second-order valence-corrected chi connectivity index (χ2v) is 7.30. The van der Waals surface area contributed by atoms with Gasteiger partial charge in [0, 0.05) is 23.2 Å². The number of aryl methyl sites for hydroxylation is 1. The summed E-state index contributed by atoms with van der Waals surface area (Å²) in [6.45, 7) is 2.03. The maximum atomic E-state index is 12.4. The standard InChI is InChI=1S/C18H15Cl2N3OS/c1-11-5-3-4-6-13(11)17-21-22-18(23(17)2)25-10-16(24)14-8-7-12(19)9-15(14)20/h3-9H,10H2,1-2H3. The van der Waals surface area contributed by atoms with Gasteiger partial charge in [0.05, 0.1) is 10.8 Å². The van der Waals surface area contributed by atoms with E-state index in [1.165, 1.54) is 11.8 Å². The fourth-order valence-electron chi connectivity index (χ4n) is 2.42. The molecule has 0 aliphatic carbocycles. The zero-order valence-electron chi connectivity index (χ0n) is 13.7. The molecule has 3 aromatic rings. The number of carbonyl (C=O) groups excluding carboxylic acids is 1. The number of hydrogen-bond donors (Lipinski definition) is 0. The number of carbonyl (C=O) groups is 1. The minimum absolute atomic E-state index is 0.0768. The highest BCUT2D eigenvalue weighted by atomic mass is 35.5. The Morgan fingerprint density at radius 3 is 2.64 bits per heavy atom. The Balaban J connectivity index is 1.76. The molecule has 0 bridgehead atoms. The van der Waals surface area contributed by atoms with Crippen molar-refractivity contribution in [2.45, 2.75) is 12.1 Å². The molecule has 25 heavy (non-hydrogen) atoms. The third-order valence-corrected chi connectivity index (χ3v) is 5.35. The highest BCUT2D eigenvalue weighted by molar-refractivity contribution is 7.99. The van der Waals surface area contributed by atoms with Crippen LogP contribution in [0.5, 0.6) is 0 Å². The van der Waals surface area contributed by atoms with Gasteiger partial charge in [-0.2, -0.15) is 0 Å². The summed E-state index contributed by atoms with van der Waals surface area (Å²) in [6, 6.07) is 12.9. The molecule has 0 N–H and O–H groups in total. The van der Waals surface area contributed by atoms with Crippen LogP contribution in [0, 0.1) is 6.92 Å². The molecular formula is C18H15Cl2N3OS. The predicted molar refractivity (Wildman–Crippen MR) is 103 cm³/mol. The van der Waals surface area contributed by atoms with Gasteiger partial charge in [-0.1, -0.05) is 59.2 Å². The molecule has 0 unspecified atom stereocenters. The van der Waals surface area contributed by atoms with Crippen molar-refractivity contribution in [3.05, 3.63) is 63.6 Å². The van der Waals surface area contributed by atoms with Gasteiger partial charge < -0.3 is 4.57 Å². The van der Waals surface area contributed by atoms with Gasteiger partial charge in [0.1, 0.15) is 0 Å². The SMILES string of the molecule is Cc1ccccc1-c1nnc(SCC(=O)c2ccc(Cl)cc2Cl)n1C. The molecule has 0 fully saturated rings. The molecule has 7 heteroatoms. The van der Waals surface area contributed by atoms with Crippen LogP contribution in [0.1, 0.15) is 15.9 Å². The van der Waals surface area contributed by atoms with E-state index in [-0.39, 0.29) is 11.5 Å². The molecule has 0 aliphatic rings. The summed E-state index contributed by atoms with van der Waals surface area (Å²) in [5.41, 5.74) is 2.61. The topological polar surface area (TPSA) is 47.8 Å². The molecule has 1 heterocycles. The van der Waals surface area contributed by atoms with E-state index in [1.54, 1.807) is 18.2 Å². The predicted octanol–water partition coefficient (Wildman–Crippen LogP) is 5.07. The van der Waals surface area contributed by atoms with E-state index in [0.29, 0.717) is 20.8 Å². The zero-order valence-corrected chi connectivity index (χ0v) is 16.0. The van der Waals surface area contributed by atoms with Crippen molar-refractivity contribution in [2.24, 2.45) is 7.05 Å². The minimum Gasteiger partial charge on any atom is -0.305 e. The monoisotopic (exact) mass is 391 g/mol. The summed E-state index contributed by atoms with van der Waals surface area (Å²) in [6.07, 6.45) is 0. The first-order valence-electron chi connectivity index (χ1n) is 7.54. The lowest BCUT2D eigenvalue weighted by Gasteiger charge is -2.06. The van der Waals surface area contributed by atoms with Crippen molar-refractivity contribution in [3.63, 3.8) is 0 Å². The average Bonchev–Trinajstić information content (AvgIpc) is 2.94. The summed E-state index contributed by atoms with van der Waals surface area (Å²) in [7, 11) is 1.89. The molecule has 0 saturated carbocycles. The van der Waals surface area contributed by atoms with Crippen LogP contribution in [-0.2, 0) is 7.05 Å². The number of ketones is 1. The number of nitrogens with zero attached hydrogens (tertiary/aromatic N) is 3. The Morgan fingerprint density at radius 1 is 1.16 bits per heavy atom. The third kappa shape index (κ3) is 3.89. The van der Waals surface area contributed by atoms with Crippen molar-refractivity contribution in [1.29, 1.82) is 0 Å². The number of rotatable bonds is 5. The van der Waals surface area contributed by atoms with E-state index >= 15 is 0 Å². The van der Waals surface area contributed by atoms with Gasteiger partial charge in [-0.25, -0.2) is 0 Å². The Hall–Kier alpha value is -1.82. The molecule has 0 aliphatic heterocycles. The lowest BCUT2D eigenvalue weighted by atomic mass is 10.1. The van der Waals surface area contributed by atoms with Gasteiger partial charge in [0.2, 0.25) is 0 Å². The molecule has 0 atom stereocenters. The van der Waals surface area contributed by atoms with E-state index in [4.69, 9.17) is 23.2 Å². The maximum Gasteiger partial charge on any atom is 0.191 e. The van der Waals surface area contributed by atoms with Crippen molar-refractivity contribution in [3.8, 4) is 11.4 Å². The van der Waals surface area contributed by atoms with Gasteiger partial charge >= 0.3 is 0 Å². The van der Waals surface area contributed by atoms with E-state index in [1.807, 2.05) is 42.8 Å². The number of Topliss-reactive ketones (excluding diaryl/α,β-unsaturated/α-hetero) is 1. The number of aromatic nitrogens is 3. The molecular weight excluding hydrogens is 377 g/mol. The molecule has 128 valence electrons. The second kappa shape index (κ2) is 7.60. The van der Waals surface area contributed by atoms with Crippen LogP contribution in [0.25, 0.3) is 11.4 Å². The lowest BCUT2D eigenvalue weighted by Crippen LogP contribution is -2.05. The summed E-state index contributed by atoms with van der Waals surface area (Å²) in [5, 5.41) is 10.0. The highest BCUT2D eigenvalue weighted by Gasteiger charge is 2.16. The first kappa shape index (κ1) is 18.0. The maximum absolute atomic E-state index is 12.4. The Labute approximate surface area is 160 Å². The smallest absolute Gasteiger partial charge is 0.191 e. The third-order valence-electron chi connectivity index (χ3n) is 3.78. The lowest BCUT2D eigenvalue weighted by molar-refractivity contribution is 0.102. The average molecular weight is 392 g/mol. The zero-order chi connectivity index (χ0) is 18.0. The van der Waals surface area contributed by atoms with Gasteiger partial charge in [-0.3, -0.25) is 4.79 Å². The molecule has 3 rings (SSSR count). The fraction of sp³-hybridized carbons (Fsp3) is 0.167. The Bertz CT molecular complexity index is 940. The summed E-state index contributed by atoms with van der Waals surface area (Å²) < 4.78 is 1.89. The molecule has 0 radical (unpaired) electrons. The van der Waals surface area contributed by atoms with Gasteiger partial charge in [0.25, 0.3) is 0 Å². The van der Waals surface area contributed by atoms with Crippen LogP contribution >= 0.6 is 35.0 Å². The first-order chi connectivity index (χ1) is 12.0. The molecule has 1 aromatic heterocycles. The second-order valence-electron chi connectivity index (χ2n) is 5.52. The van der Waals surface area contributed by atoms with Gasteiger partial charge in [-0.15, -0.1) is 10.2 Å². The number of halogens is 2. The Morgan fingerprint density at radius 2 is 1.92 bits per heavy atom. The van der Waals surface area contributed by atoms with E-state index in [0.717, 1.165) is 17.0 Å². The molecule has 0 saturated heterocycles. The molecule has 4 nitrogen and oxygen atoms in total. The summed E-state index contributed by atoms with van der Waals surface area (Å²) in [4.78, 5) is 12.4. The molecule has 2 aromatic carbocycles. The summed E-state index contributed by atoms with van der Waals surface area (Å²) in [5.74, 6) is 0.922. The van der Waals surface area contributed by atoms with Crippen molar-refractivity contribution in [1.82, 2.24) is 14.8 Å². The number of hydrogen-bond acceptors (Lipinski definition) is 4. The van der Waals surface area contributed by atoms with Crippen LogP contribution in [0.15, 0.2) is 47.6 Å². The van der Waals surface area contributed by atoms with Crippen LogP contribution in [-0.4, -0.2) is 26.3 Å². The van der Waals surface area contributed by atoms with Crippen LogP contribution < -0.4 is 0 Å². The highest BCUT2D eigenvalue weighted by Crippen LogP contribution is 2.27. The van der Waals surface area contributed by atoms with E-state index in [9.17, 15) is 4.79 Å². The van der Waals surface area contributed by atoms with E-state index in [2.05, 4.69) is 10.2 Å². The first-order valence-corrected chi connectivity index (χ1v) is 9.28. The number of thioether (sulfide) groups is 1. The minimum atomic E-state index is -0.0768. The molecule has 0 spiro atoms. The Kier molecular flexibility index (Phi) is 5.47. The van der Waals surface area contributed by atoms with Gasteiger partial charge in [0.15, 0.2) is 16.8 Å². The van der Waals surface area contributed by atoms with Crippen LogP contribution in [0.3, 0.4) is 0 Å². The van der Waals surface area contributed by atoms with Crippen molar-refractivity contribution < 1.29 is 4.79 Å². The largest absolute Gasteiger partial charge is 0.305 e. The van der Waals surface area contributed by atoms with Crippen LogP contribution in [0.2, 0.25) is 10.0 Å². The fourth-order valence-corrected chi connectivity index (χ4v) is 3.73. The van der Waals surface area contributed by atoms with Crippen LogP contribution in [0.4, 0.5) is 0 Å². The van der Waals surface area contributed by atoms with Gasteiger partial charge in [-0.05, 0) is 30.7 Å². The number of benzene rings is 2. The quantitative estimate of drug-likeness (QED) is 0.449.